The second kappa shape index (κ2) is 7.24. The summed E-state index contributed by atoms with van der Waals surface area (Å²) in [7, 11) is 1.87. The van der Waals surface area contributed by atoms with E-state index < -0.39 is 0 Å². The molecule has 23 heavy (non-hydrogen) atoms. The first-order chi connectivity index (χ1) is 10.9. The highest BCUT2D eigenvalue weighted by molar-refractivity contribution is 14.0. The van der Waals surface area contributed by atoms with Crippen molar-refractivity contribution in [3.8, 4) is 0 Å². The molecule has 1 aromatic rings. The van der Waals surface area contributed by atoms with Crippen LogP contribution in [0, 0.1) is 11.8 Å². The van der Waals surface area contributed by atoms with Gasteiger partial charge in [0.25, 0.3) is 0 Å². The summed E-state index contributed by atoms with van der Waals surface area (Å²) >= 11 is 0. The molecule has 0 saturated heterocycles. The number of aliphatic imine (C=N–C) groups is 1. The molecule has 3 aliphatic rings. The molecule has 0 bridgehead atoms. The summed E-state index contributed by atoms with van der Waals surface area (Å²) in [5.74, 6) is 3.41. The van der Waals surface area contributed by atoms with E-state index in [1.54, 1.807) is 11.1 Å². The minimum absolute atomic E-state index is 0. The molecule has 3 unspecified atom stereocenters. The number of benzene rings is 1. The highest BCUT2D eigenvalue weighted by Crippen LogP contribution is 2.59. The molecule has 1 aromatic carbocycles. The number of hydrogen-bond acceptors (Lipinski definition) is 1. The van der Waals surface area contributed by atoms with Crippen molar-refractivity contribution in [3.05, 3.63) is 47.5 Å². The molecule has 3 aliphatic carbocycles. The quantitative estimate of drug-likeness (QED) is 0.338. The van der Waals surface area contributed by atoms with Gasteiger partial charge in [0.15, 0.2) is 5.96 Å². The summed E-state index contributed by atoms with van der Waals surface area (Å²) < 4.78 is 0. The summed E-state index contributed by atoms with van der Waals surface area (Å²) in [6.07, 6.45) is 9.33. The molecule has 0 radical (unpaired) electrons. The van der Waals surface area contributed by atoms with Crippen molar-refractivity contribution in [1.29, 1.82) is 0 Å². The first-order valence-electron chi connectivity index (χ1n) is 8.57. The number of aryl methyl sites for hydroxylation is 1. The number of nitrogens with one attached hydrogen (secondary N) is 2. The van der Waals surface area contributed by atoms with Crippen LogP contribution in [0.4, 0.5) is 0 Å². The van der Waals surface area contributed by atoms with Gasteiger partial charge in [0.1, 0.15) is 0 Å². The largest absolute Gasteiger partial charge is 0.356 e. The predicted octanol–water partition coefficient (Wildman–Crippen LogP) is 3.46. The van der Waals surface area contributed by atoms with Crippen LogP contribution in [0.3, 0.4) is 0 Å². The number of nitrogens with zero attached hydrogens (tertiary/aromatic N) is 1. The molecule has 0 spiro atoms. The average Bonchev–Trinajstić information content (AvgIpc) is 3.03. The third kappa shape index (κ3) is 3.42. The van der Waals surface area contributed by atoms with Gasteiger partial charge in [0.05, 0.1) is 0 Å². The Hall–Kier alpha value is -1.04. The summed E-state index contributed by atoms with van der Waals surface area (Å²) in [4.78, 5) is 4.38. The third-order valence-corrected chi connectivity index (χ3v) is 5.57. The number of rotatable bonds is 3. The first-order valence-corrected chi connectivity index (χ1v) is 8.57. The molecular weight excluding hydrogens is 397 g/mol. The van der Waals surface area contributed by atoms with E-state index in [2.05, 4.69) is 52.0 Å². The standard InChI is InChI=1S/C19H25N3.HI/c1-20-19(22-14-7-3-4-8-14)21-12-17-16-11-10-13-6-2-5-9-15(13)18(16)17;/h2-6,9,14,16-18H,7-8,10-12H2,1H3,(H2,20,21,22);1H. The number of hydrogen-bond donors (Lipinski definition) is 2. The lowest BCUT2D eigenvalue weighted by Gasteiger charge is -2.17. The monoisotopic (exact) mass is 423 g/mol. The molecule has 1 saturated carbocycles. The molecule has 0 aromatic heterocycles. The Bertz CT molecular complexity index is 602. The Labute approximate surface area is 156 Å². The average molecular weight is 423 g/mol. The Morgan fingerprint density at radius 2 is 2.00 bits per heavy atom. The zero-order valence-corrected chi connectivity index (χ0v) is 16.0. The Kier molecular flexibility index (Phi) is 5.29. The fourth-order valence-corrected chi connectivity index (χ4v) is 4.33. The Balaban J connectivity index is 0.00000156. The van der Waals surface area contributed by atoms with Crippen molar-refractivity contribution in [2.24, 2.45) is 16.8 Å². The molecule has 3 atom stereocenters. The van der Waals surface area contributed by atoms with Crippen LogP contribution >= 0.6 is 24.0 Å². The van der Waals surface area contributed by atoms with Gasteiger partial charge in [0.2, 0.25) is 0 Å². The van der Waals surface area contributed by atoms with Crippen LogP contribution < -0.4 is 10.6 Å². The van der Waals surface area contributed by atoms with Crippen LogP contribution in [0.15, 0.2) is 41.4 Å². The summed E-state index contributed by atoms with van der Waals surface area (Å²) in [5, 5.41) is 7.08. The molecule has 4 heteroatoms. The van der Waals surface area contributed by atoms with Crippen LogP contribution in [0.25, 0.3) is 0 Å². The van der Waals surface area contributed by atoms with E-state index in [-0.39, 0.29) is 24.0 Å². The number of halogens is 1. The normalized spacial score (nSPS) is 28.6. The van der Waals surface area contributed by atoms with Gasteiger partial charge in [-0.15, -0.1) is 24.0 Å². The molecule has 124 valence electrons. The van der Waals surface area contributed by atoms with Gasteiger partial charge >= 0.3 is 0 Å². The zero-order valence-electron chi connectivity index (χ0n) is 13.7. The summed E-state index contributed by atoms with van der Waals surface area (Å²) in [6, 6.07) is 9.53. The smallest absolute Gasteiger partial charge is 0.191 e. The number of fused-ring (bicyclic) bond motifs is 3. The van der Waals surface area contributed by atoms with Crippen molar-refractivity contribution < 1.29 is 0 Å². The molecule has 4 rings (SSSR count). The lowest BCUT2D eigenvalue weighted by atomic mass is 9.92. The van der Waals surface area contributed by atoms with Crippen molar-refractivity contribution >= 4 is 29.9 Å². The van der Waals surface area contributed by atoms with Crippen LogP contribution in [-0.2, 0) is 6.42 Å². The fourth-order valence-electron chi connectivity index (χ4n) is 4.33. The minimum atomic E-state index is 0. The first kappa shape index (κ1) is 16.8. The van der Waals surface area contributed by atoms with E-state index in [0.29, 0.717) is 6.04 Å². The fraction of sp³-hybridized carbons (Fsp3) is 0.526. The van der Waals surface area contributed by atoms with Crippen LogP contribution in [0.2, 0.25) is 0 Å². The maximum Gasteiger partial charge on any atom is 0.191 e. The van der Waals surface area contributed by atoms with Crippen LogP contribution in [0.5, 0.6) is 0 Å². The van der Waals surface area contributed by atoms with Gasteiger partial charge in [-0.1, -0.05) is 36.4 Å². The van der Waals surface area contributed by atoms with E-state index in [1.807, 2.05) is 7.05 Å². The van der Waals surface area contributed by atoms with Gasteiger partial charge in [-0.3, -0.25) is 4.99 Å². The molecule has 3 nitrogen and oxygen atoms in total. The van der Waals surface area contributed by atoms with Gasteiger partial charge in [-0.05, 0) is 54.6 Å². The molecule has 2 N–H and O–H groups in total. The minimum Gasteiger partial charge on any atom is -0.356 e. The van der Waals surface area contributed by atoms with E-state index in [4.69, 9.17) is 0 Å². The molecule has 0 heterocycles. The van der Waals surface area contributed by atoms with Gasteiger partial charge < -0.3 is 10.6 Å². The van der Waals surface area contributed by atoms with Gasteiger partial charge in [-0.25, -0.2) is 0 Å². The van der Waals surface area contributed by atoms with Crippen molar-refractivity contribution in [2.75, 3.05) is 13.6 Å². The molecule has 0 aliphatic heterocycles. The molecule has 0 amide bonds. The zero-order chi connectivity index (χ0) is 14.9. The lowest BCUT2D eigenvalue weighted by molar-refractivity contribution is 0.601. The Morgan fingerprint density at radius 3 is 2.78 bits per heavy atom. The van der Waals surface area contributed by atoms with Crippen LogP contribution in [-0.4, -0.2) is 25.6 Å². The second-order valence-corrected chi connectivity index (χ2v) is 6.83. The molecular formula is C19H26IN3. The Morgan fingerprint density at radius 1 is 1.22 bits per heavy atom. The van der Waals surface area contributed by atoms with Crippen molar-refractivity contribution in [2.45, 2.75) is 37.6 Å². The van der Waals surface area contributed by atoms with E-state index >= 15 is 0 Å². The predicted molar refractivity (Wildman–Crippen MR) is 107 cm³/mol. The van der Waals surface area contributed by atoms with Crippen molar-refractivity contribution in [1.82, 2.24) is 10.6 Å². The van der Waals surface area contributed by atoms with Gasteiger partial charge in [0, 0.05) is 19.6 Å². The molecule has 1 fully saturated rings. The third-order valence-electron chi connectivity index (χ3n) is 5.57. The maximum absolute atomic E-state index is 4.38. The highest BCUT2D eigenvalue weighted by Gasteiger charge is 2.52. The van der Waals surface area contributed by atoms with Crippen molar-refractivity contribution in [3.63, 3.8) is 0 Å². The topological polar surface area (TPSA) is 36.4 Å². The summed E-state index contributed by atoms with van der Waals surface area (Å²) in [5.41, 5.74) is 3.18. The highest BCUT2D eigenvalue weighted by atomic mass is 127. The van der Waals surface area contributed by atoms with E-state index in [9.17, 15) is 0 Å². The maximum atomic E-state index is 4.38. The number of guanidine groups is 1. The van der Waals surface area contributed by atoms with Gasteiger partial charge in [-0.2, -0.15) is 0 Å². The summed E-state index contributed by atoms with van der Waals surface area (Å²) in [6.45, 7) is 1.05. The lowest BCUT2D eigenvalue weighted by Crippen LogP contribution is -2.43. The van der Waals surface area contributed by atoms with Crippen LogP contribution in [0.1, 0.15) is 36.3 Å². The SMILES string of the molecule is CN=C(NCC1C2CCc3ccccc3C21)NC1CC=CC1.I. The van der Waals surface area contributed by atoms with E-state index in [0.717, 1.165) is 43.1 Å². The second-order valence-electron chi connectivity index (χ2n) is 6.83. The van der Waals surface area contributed by atoms with E-state index in [1.165, 1.54) is 12.8 Å².